The zero-order chi connectivity index (χ0) is 36.1. The Morgan fingerprint density at radius 3 is 2.43 bits per heavy atom. The molecule has 1 fully saturated rings. The van der Waals surface area contributed by atoms with Crippen molar-refractivity contribution in [3.63, 3.8) is 0 Å². The molecule has 2 atom stereocenters. The van der Waals surface area contributed by atoms with Crippen LogP contribution in [0.3, 0.4) is 0 Å². The van der Waals surface area contributed by atoms with Crippen LogP contribution in [0.25, 0.3) is 39.2 Å². The Hall–Kier alpha value is -4.85. The van der Waals surface area contributed by atoms with E-state index < -0.39 is 12.0 Å². The van der Waals surface area contributed by atoms with Crippen LogP contribution in [0, 0.1) is 0 Å². The third-order valence-corrected chi connectivity index (χ3v) is 9.53. The number of hydrogen-bond acceptors (Lipinski definition) is 9. The van der Waals surface area contributed by atoms with E-state index >= 15 is 0 Å². The summed E-state index contributed by atoms with van der Waals surface area (Å²) < 4.78 is 7.07. The number of carbonyl (C=O) groups is 2. The van der Waals surface area contributed by atoms with Crippen molar-refractivity contribution in [1.29, 1.82) is 0 Å². The van der Waals surface area contributed by atoms with E-state index in [0.29, 0.717) is 57.9 Å². The molecule has 264 valence electrons. The Kier molecular flexibility index (Phi) is 11.3. The number of nitrogens with one attached hydrogen (secondary N) is 3. The van der Waals surface area contributed by atoms with Gasteiger partial charge >= 0.3 is 0 Å². The summed E-state index contributed by atoms with van der Waals surface area (Å²) in [5.41, 5.74) is 10.8. The zero-order valence-electron chi connectivity index (χ0n) is 27.8. The van der Waals surface area contributed by atoms with Gasteiger partial charge in [0.25, 0.3) is 5.56 Å². The summed E-state index contributed by atoms with van der Waals surface area (Å²) in [6.07, 6.45) is 3.39. The Labute approximate surface area is 304 Å². The highest BCUT2D eigenvalue weighted by Crippen LogP contribution is 2.42. The van der Waals surface area contributed by atoms with Crippen LogP contribution < -0.4 is 32.0 Å². The minimum absolute atomic E-state index is 0.0841. The molecule has 6 rings (SSSR count). The normalized spacial score (nSPS) is 14.8. The number of halogens is 2. The molecule has 2 aromatic carbocycles. The average Bonchev–Trinajstić information content (AvgIpc) is 3.54. The summed E-state index contributed by atoms with van der Waals surface area (Å²) >= 11 is 14.1. The molecular weight excluding hydrogens is 693 g/mol. The van der Waals surface area contributed by atoms with E-state index in [1.807, 2.05) is 48.5 Å². The maximum Gasteiger partial charge on any atom is 0.262 e. The Morgan fingerprint density at radius 1 is 1.02 bits per heavy atom. The second-order valence-corrected chi connectivity index (χ2v) is 13.1. The number of methoxy groups -OCH3 is 1. The van der Waals surface area contributed by atoms with Crippen molar-refractivity contribution in [2.24, 2.45) is 5.73 Å². The van der Waals surface area contributed by atoms with Crippen molar-refractivity contribution in [1.82, 2.24) is 30.3 Å². The number of amides is 2. The van der Waals surface area contributed by atoms with Gasteiger partial charge in [0.05, 0.1) is 35.4 Å². The van der Waals surface area contributed by atoms with Crippen LogP contribution in [0.4, 0.5) is 0 Å². The van der Waals surface area contributed by atoms with Crippen LogP contribution in [-0.4, -0.2) is 63.6 Å². The number of aliphatic hydroxyl groups is 1. The fourth-order valence-corrected chi connectivity index (χ4v) is 6.78. The number of nitrogens with zero attached hydrogens (tertiary/aromatic N) is 3. The topological polar surface area (TPSA) is 173 Å². The van der Waals surface area contributed by atoms with Gasteiger partial charge < -0.3 is 31.5 Å². The summed E-state index contributed by atoms with van der Waals surface area (Å²) in [6, 6.07) is 18.9. The maximum absolute atomic E-state index is 13.2. The number of nitrogens with two attached hydrogens (primary N) is 1. The zero-order valence-corrected chi connectivity index (χ0v) is 29.3. The number of benzene rings is 2. The number of hydrogen-bond donors (Lipinski definition) is 5. The lowest BCUT2D eigenvalue weighted by Crippen LogP contribution is -2.35. The van der Waals surface area contributed by atoms with Crippen LogP contribution in [0.15, 0.2) is 77.9 Å². The number of aliphatic hydroxyl groups excluding tert-OH is 1. The van der Waals surface area contributed by atoms with E-state index in [1.54, 1.807) is 25.4 Å². The third kappa shape index (κ3) is 8.22. The fourth-order valence-electron chi connectivity index (χ4n) is 6.12. The van der Waals surface area contributed by atoms with Gasteiger partial charge in [-0.3, -0.25) is 18.8 Å². The van der Waals surface area contributed by atoms with Gasteiger partial charge in [-0.25, -0.2) is 9.97 Å². The molecule has 51 heavy (non-hydrogen) atoms. The monoisotopic (exact) mass is 729 g/mol. The van der Waals surface area contributed by atoms with E-state index in [0.717, 1.165) is 34.2 Å². The van der Waals surface area contributed by atoms with E-state index in [9.17, 15) is 19.5 Å². The third-order valence-electron chi connectivity index (χ3n) is 8.71. The molecule has 5 aromatic rings. The molecular formula is C37H37Cl2N7O5. The highest BCUT2D eigenvalue weighted by atomic mass is 35.5. The predicted molar refractivity (Wildman–Crippen MR) is 197 cm³/mol. The fraction of sp³-hybridized carbons (Fsp3) is 0.270. The van der Waals surface area contributed by atoms with Gasteiger partial charge in [0.2, 0.25) is 17.7 Å². The van der Waals surface area contributed by atoms with Gasteiger partial charge in [0.1, 0.15) is 5.65 Å². The average molecular weight is 731 g/mol. The van der Waals surface area contributed by atoms with E-state index in [-0.39, 0.29) is 37.0 Å². The Morgan fingerprint density at radius 2 is 1.73 bits per heavy atom. The van der Waals surface area contributed by atoms with E-state index in [1.165, 1.54) is 10.6 Å². The molecule has 3 aromatic heterocycles. The van der Waals surface area contributed by atoms with Crippen LogP contribution in [-0.2, 0) is 22.7 Å². The van der Waals surface area contributed by atoms with Crippen molar-refractivity contribution in [2.75, 3.05) is 20.2 Å². The van der Waals surface area contributed by atoms with Crippen LogP contribution in [0.1, 0.15) is 30.4 Å². The molecule has 0 saturated carbocycles. The summed E-state index contributed by atoms with van der Waals surface area (Å²) in [4.78, 5) is 44.9. The first-order chi connectivity index (χ1) is 24.6. The summed E-state index contributed by atoms with van der Waals surface area (Å²) in [6.45, 7) is 1.45. The highest BCUT2D eigenvalue weighted by Gasteiger charge is 2.21. The molecule has 1 aliphatic heterocycles. The van der Waals surface area contributed by atoms with Crippen molar-refractivity contribution < 1.29 is 19.4 Å². The van der Waals surface area contributed by atoms with Gasteiger partial charge in [-0.2, -0.15) is 0 Å². The number of pyridine rings is 2. The minimum Gasteiger partial charge on any atom is -0.481 e. The number of primary amides is 1. The van der Waals surface area contributed by atoms with Crippen LogP contribution in [0.5, 0.6) is 5.88 Å². The first-order valence-corrected chi connectivity index (χ1v) is 17.2. The lowest BCUT2D eigenvalue weighted by atomic mass is 9.97. The second-order valence-electron chi connectivity index (χ2n) is 12.3. The number of carbonyl (C=O) groups excluding carboxylic acids is 2. The molecule has 1 unspecified atom stereocenters. The lowest BCUT2D eigenvalue weighted by molar-refractivity contribution is -0.120. The van der Waals surface area contributed by atoms with Crippen molar-refractivity contribution in [3.8, 4) is 39.4 Å². The Balaban J connectivity index is 1.22. The molecule has 1 aliphatic rings. The SMILES string of the molecule is COc1nc(-c2cccc(-c3cccc(-c4ccn5c(=O)c(CNCC(O)CC(N)=O)cnc5c4)c3Cl)c2Cl)ccc1CNC[C@@H]1CCC(=O)N1. The Bertz CT molecular complexity index is 2160. The van der Waals surface area contributed by atoms with Crippen molar-refractivity contribution in [2.45, 2.75) is 44.5 Å². The molecule has 12 nitrogen and oxygen atoms in total. The molecule has 14 heteroatoms. The van der Waals surface area contributed by atoms with Crippen LogP contribution >= 0.6 is 23.2 Å². The summed E-state index contributed by atoms with van der Waals surface area (Å²) in [5.74, 6) is -0.0442. The van der Waals surface area contributed by atoms with Gasteiger partial charge in [0, 0.05) is 84.4 Å². The number of rotatable bonds is 14. The summed E-state index contributed by atoms with van der Waals surface area (Å²) in [5, 5.41) is 20.1. The van der Waals surface area contributed by atoms with Crippen LogP contribution in [0.2, 0.25) is 10.0 Å². The number of aromatic nitrogens is 3. The molecule has 2 amide bonds. The highest BCUT2D eigenvalue weighted by molar-refractivity contribution is 6.39. The van der Waals surface area contributed by atoms with E-state index in [2.05, 4.69) is 20.9 Å². The standard InChI is InChI=1S/C37H37Cl2N7O5/c1-51-36-22(16-41-19-24-9-11-33(49)44-24)8-10-30(45-36)29-7-3-6-28(35(29)39)27-5-2-4-26(34(27)38)21-12-13-46-32(14-21)43-18-23(37(46)50)17-42-20-25(47)15-31(40)48/h2-8,10,12-14,18,24-25,41-42,47H,9,11,15-17,19-20H2,1H3,(H2,40,48)(H,44,49)/t24-,25?/m0/s1. The molecule has 0 aliphatic carbocycles. The number of ether oxygens (including phenoxy) is 1. The first kappa shape index (κ1) is 36.0. The number of fused-ring (bicyclic) bond motifs is 1. The van der Waals surface area contributed by atoms with Gasteiger partial charge in [-0.15, -0.1) is 0 Å². The first-order valence-electron chi connectivity index (χ1n) is 16.4. The quantitative estimate of drug-likeness (QED) is 0.113. The smallest absolute Gasteiger partial charge is 0.262 e. The molecule has 1 saturated heterocycles. The van der Waals surface area contributed by atoms with Gasteiger partial charge in [0.15, 0.2) is 0 Å². The minimum atomic E-state index is -0.946. The van der Waals surface area contributed by atoms with Crippen molar-refractivity contribution in [3.05, 3.63) is 105 Å². The summed E-state index contributed by atoms with van der Waals surface area (Å²) in [7, 11) is 1.58. The molecule has 0 radical (unpaired) electrons. The van der Waals surface area contributed by atoms with E-state index in [4.69, 9.17) is 38.7 Å². The molecule has 0 bridgehead atoms. The second kappa shape index (κ2) is 16.0. The van der Waals surface area contributed by atoms with Crippen molar-refractivity contribution >= 4 is 40.7 Å². The van der Waals surface area contributed by atoms with Gasteiger partial charge in [-0.05, 0) is 30.2 Å². The van der Waals surface area contributed by atoms with Gasteiger partial charge in [-0.1, -0.05) is 65.7 Å². The molecule has 6 N–H and O–H groups in total. The predicted octanol–water partition coefficient (Wildman–Crippen LogP) is 4.10. The maximum atomic E-state index is 13.2. The molecule has 0 spiro atoms. The lowest BCUT2D eigenvalue weighted by Gasteiger charge is -2.16. The molecule has 4 heterocycles. The largest absolute Gasteiger partial charge is 0.481 e.